The SMILES string of the molecule is CC(=O)OCC(=O)C[C@H](NC(=O)OC(C)(C)C)C(=O)OCc1ccccc1. The summed E-state index contributed by atoms with van der Waals surface area (Å²) in [5.41, 5.74) is -0.0160. The molecule has 1 N–H and O–H groups in total. The second-order valence-electron chi connectivity index (χ2n) is 6.82. The Bertz CT molecular complexity index is 664. The van der Waals surface area contributed by atoms with Crippen LogP contribution in [-0.4, -0.2) is 42.1 Å². The van der Waals surface area contributed by atoms with Crippen LogP contribution in [0.4, 0.5) is 4.79 Å². The maximum absolute atomic E-state index is 12.3. The van der Waals surface area contributed by atoms with Crippen molar-refractivity contribution in [2.45, 2.75) is 52.4 Å². The highest BCUT2D eigenvalue weighted by atomic mass is 16.6. The maximum atomic E-state index is 12.3. The zero-order valence-corrected chi connectivity index (χ0v) is 15.9. The molecule has 0 aliphatic carbocycles. The average molecular weight is 379 g/mol. The minimum absolute atomic E-state index is 0.00961. The Hall–Kier alpha value is -2.90. The van der Waals surface area contributed by atoms with Crippen molar-refractivity contribution < 1.29 is 33.4 Å². The van der Waals surface area contributed by atoms with E-state index in [1.54, 1.807) is 45.0 Å². The summed E-state index contributed by atoms with van der Waals surface area (Å²) in [6.45, 7) is 5.67. The number of alkyl carbamates (subject to hydrolysis) is 1. The first-order valence-electron chi connectivity index (χ1n) is 8.42. The second kappa shape index (κ2) is 10.3. The van der Waals surface area contributed by atoms with Gasteiger partial charge >= 0.3 is 18.0 Å². The van der Waals surface area contributed by atoms with Gasteiger partial charge in [0, 0.05) is 13.3 Å². The number of rotatable bonds is 8. The van der Waals surface area contributed by atoms with Crippen molar-refractivity contribution in [2.75, 3.05) is 6.61 Å². The van der Waals surface area contributed by atoms with E-state index < -0.39 is 42.1 Å². The Morgan fingerprint density at radius 1 is 1.04 bits per heavy atom. The van der Waals surface area contributed by atoms with E-state index in [1.807, 2.05) is 6.07 Å². The molecule has 0 spiro atoms. The summed E-state index contributed by atoms with van der Waals surface area (Å²) in [6.07, 6.45) is -1.25. The molecule has 0 aromatic heterocycles. The van der Waals surface area contributed by atoms with Gasteiger partial charge in [-0.2, -0.15) is 0 Å². The third-order valence-electron chi connectivity index (χ3n) is 3.07. The van der Waals surface area contributed by atoms with Crippen molar-refractivity contribution in [3.63, 3.8) is 0 Å². The molecule has 27 heavy (non-hydrogen) atoms. The molecule has 1 aromatic carbocycles. The molecule has 0 aliphatic heterocycles. The van der Waals surface area contributed by atoms with E-state index in [2.05, 4.69) is 10.1 Å². The van der Waals surface area contributed by atoms with Crippen molar-refractivity contribution in [1.82, 2.24) is 5.32 Å². The number of Topliss-reactive ketones (excluding diaryl/α,β-unsaturated/α-hetero) is 1. The standard InChI is InChI=1S/C19H25NO7/c1-13(21)25-12-15(22)10-16(20-18(24)27-19(2,3)4)17(23)26-11-14-8-6-5-7-9-14/h5-9,16H,10-12H2,1-4H3,(H,20,24)/t16-/m0/s1. The highest BCUT2D eigenvalue weighted by Crippen LogP contribution is 2.09. The van der Waals surface area contributed by atoms with Gasteiger partial charge in [-0.3, -0.25) is 9.59 Å². The van der Waals surface area contributed by atoms with Crippen LogP contribution >= 0.6 is 0 Å². The van der Waals surface area contributed by atoms with Crippen LogP contribution in [0, 0.1) is 0 Å². The van der Waals surface area contributed by atoms with E-state index in [9.17, 15) is 19.2 Å². The third kappa shape index (κ3) is 9.98. The molecular formula is C19H25NO7. The summed E-state index contributed by atoms with van der Waals surface area (Å²) in [4.78, 5) is 47.0. The Labute approximate surface area is 158 Å². The molecule has 8 nitrogen and oxygen atoms in total. The van der Waals surface area contributed by atoms with E-state index in [-0.39, 0.29) is 13.0 Å². The fourth-order valence-electron chi connectivity index (χ4n) is 1.94. The molecule has 0 radical (unpaired) electrons. The van der Waals surface area contributed by atoms with Crippen LogP contribution in [0.25, 0.3) is 0 Å². The van der Waals surface area contributed by atoms with Crippen LogP contribution in [0.15, 0.2) is 30.3 Å². The predicted molar refractivity (Wildman–Crippen MR) is 95.7 cm³/mol. The zero-order valence-electron chi connectivity index (χ0n) is 15.9. The lowest BCUT2D eigenvalue weighted by atomic mass is 10.1. The molecule has 0 fully saturated rings. The summed E-state index contributed by atoms with van der Waals surface area (Å²) in [5, 5.41) is 2.33. The molecule has 1 amide bonds. The maximum Gasteiger partial charge on any atom is 0.408 e. The lowest BCUT2D eigenvalue weighted by molar-refractivity contribution is -0.150. The normalized spacial score (nSPS) is 11.9. The first kappa shape index (κ1) is 22.1. The van der Waals surface area contributed by atoms with Gasteiger partial charge in [-0.1, -0.05) is 30.3 Å². The average Bonchev–Trinajstić information content (AvgIpc) is 2.56. The second-order valence-corrected chi connectivity index (χ2v) is 6.82. The third-order valence-corrected chi connectivity index (χ3v) is 3.07. The lowest BCUT2D eigenvalue weighted by Gasteiger charge is -2.22. The Balaban J connectivity index is 2.72. The van der Waals surface area contributed by atoms with Gasteiger partial charge in [0.15, 0.2) is 5.78 Å². The quantitative estimate of drug-likeness (QED) is 0.544. The molecule has 0 unspecified atom stereocenters. The van der Waals surface area contributed by atoms with Crippen molar-refractivity contribution in [3.05, 3.63) is 35.9 Å². The van der Waals surface area contributed by atoms with Gasteiger partial charge < -0.3 is 19.5 Å². The monoisotopic (exact) mass is 379 g/mol. The number of hydrogen-bond acceptors (Lipinski definition) is 7. The van der Waals surface area contributed by atoms with Gasteiger partial charge in [-0.05, 0) is 26.3 Å². The summed E-state index contributed by atoms with van der Waals surface area (Å²) < 4.78 is 14.9. The van der Waals surface area contributed by atoms with E-state index >= 15 is 0 Å². The molecule has 148 valence electrons. The van der Waals surface area contributed by atoms with Crippen LogP contribution < -0.4 is 5.32 Å². The highest BCUT2D eigenvalue weighted by Gasteiger charge is 2.28. The smallest absolute Gasteiger partial charge is 0.408 e. The molecule has 1 aromatic rings. The van der Waals surface area contributed by atoms with E-state index in [0.29, 0.717) is 0 Å². The summed E-state index contributed by atoms with van der Waals surface area (Å²) in [5.74, 6) is -1.95. The minimum Gasteiger partial charge on any atom is -0.459 e. The molecule has 0 saturated carbocycles. The summed E-state index contributed by atoms with van der Waals surface area (Å²) >= 11 is 0. The number of ketones is 1. The number of carbonyl (C=O) groups is 4. The molecular weight excluding hydrogens is 354 g/mol. The van der Waals surface area contributed by atoms with Crippen molar-refractivity contribution in [2.24, 2.45) is 0 Å². The molecule has 1 rings (SSSR count). The Morgan fingerprint density at radius 3 is 2.22 bits per heavy atom. The van der Waals surface area contributed by atoms with Gasteiger partial charge in [0.2, 0.25) is 0 Å². The van der Waals surface area contributed by atoms with E-state index in [1.165, 1.54) is 0 Å². The number of hydrogen-bond donors (Lipinski definition) is 1. The highest BCUT2D eigenvalue weighted by molar-refractivity contribution is 5.90. The lowest BCUT2D eigenvalue weighted by Crippen LogP contribution is -2.45. The number of amides is 1. The predicted octanol–water partition coefficient (Wildman–Crippen LogP) is 2.15. The van der Waals surface area contributed by atoms with Gasteiger partial charge in [0.1, 0.15) is 24.9 Å². The molecule has 0 saturated heterocycles. The fourth-order valence-corrected chi connectivity index (χ4v) is 1.94. The van der Waals surface area contributed by atoms with E-state index in [4.69, 9.17) is 9.47 Å². The van der Waals surface area contributed by atoms with Gasteiger partial charge in [-0.25, -0.2) is 9.59 Å². The fraction of sp³-hybridized carbons (Fsp3) is 0.474. The van der Waals surface area contributed by atoms with Gasteiger partial charge in [0.05, 0.1) is 0 Å². The molecule has 0 aliphatic rings. The Morgan fingerprint density at radius 2 is 1.67 bits per heavy atom. The molecule has 0 heterocycles. The Kier molecular flexibility index (Phi) is 8.44. The molecule has 1 atom stereocenters. The van der Waals surface area contributed by atoms with Crippen LogP contribution in [-0.2, 0) is 35.2 Å². The number of benzene rings is 1. The topological polar surface area (TPSA) is 108 Å². The molecule has 8 heteroatoms. The first-order chi connectivity index (χ1) is 12.6. The zero-order chi connectivity index (χ0) is 20.4. The first-order valence-corrected chi connectivity index (χ1v) is 8.42. The van der Waals surface area contributed by atoms with E-state index in [0.717, 1.165) is 12.5 Å². The van der Waals surface area contributed by atoms with Crippen LogP contribution in [0.2, 0.25) is 0 Å². The van der Waals surface area contributed by atoms with Crippen LogP contribution in [0.3, 0.4) is 0 Å². The van der Waals surface area contributed by atoms with Crippen molar-refractivity contribution >= 4 is 23.8 Å². The van der Waals surface area contributed by atoms with Crippen molar-refractivity contribution in [1.29, 1.82) is 0 Å². The summed E-state index contributed by atoms with van der Waals surface area (Å²) in [7, 11) is 0. The molecule has 0 bridgehead atoms. The number of esters is 2. The van der Waals surface area contributed by atoms with Crippen molar-refractivity contribution in [3.8, 4) is 0 Å². The number of nitrogens with one attached hydrogen (secondary N) is 1. The van der Waals surface area contributed by atoms with Gasteiger partial charge in [-0.15, -0.1) is 0 Å². The summed E-state index contributed by atoms with van der Waals surface area (Å²) in [6, 6.07) is 7.70. The van der Waals surface area contributed by atoms with Crippen LogP contribution in [0.5, 0.6) is 0 Å². The minimum atomic E-state index is -1.26. The number of carbonyl (C=O) groups excluding carboxylic acids is 4. The van der Waals surface area contributed by atoms with Gasteiger partial charge in [0.25, 0.3) is 0 Å². The van der Waals surface area contributed by atoms with Crippen LogP contribution in [0.1, 0.15) is 39.7 Å². The largest absolute Gasteiger partial charge is 0.459 e. The number of ether oxygens (including phenoxy) is 3.